The molecule has 1 aliphatic heterocycles. The van der Waals surface area contributed by atoms with Gasteiger partial charge in [0.1, 0.15) is 11.3 Å². The Hall–Kier alpha value is -3.54. The van der Waals surface area contributed by atoms with Crippen molar-refractivity contribution in [3.63, 3.8) is 0 Å². The lowest BCUT2D eigenvalue weighted by Crippen LogP contribution is -2.29. The van der Waals surface area contributed by atoms with E-state index in [4.69, 9.17) is 0 Å². The second-order valence-electron chi connectivity index (χ2n) is 8.91. The van der Waals surface area contributed by atoms with Gasteiger partial charge in [0.05, 0.1) is 5.69 Å². The molecule has 2 aliphatic rings. The maximum Gasteiger partial charge on any atom is 0.150 e. The van der Waals surface area contributed by atoms with E-state index in [0.717, 1.165) is 77.2 Å². The Kier molecular flexibility index (Phi) is 6.39. The standard InChI is InChI=1S/C28H30FN5/c1-19(31-11-6-10-30-2)21-16-23-22(7-8-26(23)33-18-21)20-15-24-27(34-13-4-3-5-14-34)9-12-32-28(24)25(29)17-20/h7,9-10,12,15-18,31H,1,3-6,8,11,13-14H2,2H3. The number of hydrogen-bond acceptors (Lipinski definition) is 5. The highest BCUT2D eigenvalue weighted by Gasteiger charge is 2.21. The Morgan fingerprint density at radius 3 is 2.88 bits per heavy atom. The topological polar surface area (TPSA) is 53.4 Å². The normalized spacial score (nSPS) is 15.6. The summed E-state index contributed by atoms with van der Waals surface area (Å²) in [7, 11) is 1.77. The molecule has 174 valence electrons. The van der Waals surface area contributed by atoms with Crippen LogP contribution in [0.25, 0.3) is 22.2 Å². The number of allylic oxidation sites excluding steroid dienone is 1. The number of rotatable bonds is 7. The first-order chi connectivity index (χ1) is 16.7. The number of hydrogen-bond donors (Lipinski definition) is 1. The summed E-state index contributed by atoms with van der Waals surface area (Å²) in [5.41, 5.74) is 7.21. The third-order valence-corrected chi connectivity index (χ3v) is 6.69. The molecule has 34 heavy (non-hydrogen) atoms. The van der Waals surface area contributed by atoms with Crippen molar-refractivity contribution in [2.75, 3.05) is 31.6 Å². The molecule has 5 rings (SSSR count). The third-order valence-electron chi connectivity index (χ3n) is 6.69. The fourth-order valence-electron chi connectivity index (χ4n) is 4.92. The summed E-state index contributed by atoms with van der Waals surface area (Å²) in [6.45, 7) is 6.94. The molecule has 2 aromatic heterocycles. The lowest BCUT2D eigenvalue weighted by atomic mass is 9.97. The molecule has 1 saturated heterocycles. The minimum atomic E-state index is -0.284. The average molecular weight is 456 g/mol. The molecule has 0 saturated carbocycles. The average Bonchev–Trinajstić information content (AvgIpc) is 3.30. The van der Waals surface area contributed by atoms with Gasteiger partial charge in [0, 0.05) is 79.6 Å². The number of pyridine rings is 2. The van der Waals surface area contributed by atoms with E-state index in [9.17, 15) is 0 Å². The zero-order chi connectivity index (χ0) is 23.5. The summed E-state index contributed by atoms with van der Waals surface area (Å²) < 4.78 is 15.3. The highest BCUT2D eigenvalue weighted by atomic mass is 19.1. The Balaban J connectivity index is 1.49. The number of benzene rings is 1. The van der Waals surface area contributed by atoms with E-state index < -0.39 is 0 Å². The van der Waals surface area contributed by atoms with Crippen LogP contribution < -0.4 is 10.2 Å². The van der Waals surface area contributed by atoms with Crippen molar-refractivity contribution in [1.29, 1.82) is 0 Å². The first-order valence-electron chi connectivity index (χ1n) is 12.0. The summed E-state index contributed by atoms with van der Waals surface area (Å²) in [4.78, 5) is 15.4. The molecule has 0 radical (unpaired) electrons. The van der Waals surface area contributed by atoms with Crippen molar-refractivity contribution in [3.8, 4) is 0 Å². The van der Waals surface area contributed by atoms with Crippen LogP contribution in [0.5, 0.6) is 0 Å². The number of fused-ring (bicyclic) bond motifs is 2. The van der Waals surface area contributed by atoms with Crippen LogP contribution in [0.4, 0.5) is 10.1 Å². The Morgan fingerprint density at radius 2 is 2.06 bits per heavy atom. The number of aromatic nitrogens is 2. The minimum Gasteiger partial charge on any atom is -0.385 e. The number of nitrogens with one attached hydrogen (secondary N) is 1. The Bertz CT molecular complexity index is 1290. The monoisotopic (exact) mass is 455 g/mol. The molecule has 0 spiro atoms. The van der Waals surface area contributed by atoms with Gasteiger partial charge in [-0.25, -0.2) is 4.39 Å². The molecule has 5 nitrogen and oxygen atoms in total. The summed E-state index contributed by atoms with van der Waals surface area (Å²) in [5.74, 6) is -0.284. The summed E-state index contributed by atoms with van der Waals surface area (Å²) in [6, 6.07) is 7.84. The van der Waals surface area contributed by atoms with Crippen LogP contribution in [0.15, 0.2) is 54.3 Å². The van der Waals surface area contributed by atoms with Crippen molar-refractivity contribution < 1.29 is 4.39 Å². The van der Waals surface area contributed by atoms with Crippen LogP contribution in [0.1, 0.15) is 48.1 Å². The van der Waals surface area contributed by atoms with Gasteiger partial charge in [-0.1, -0.05) is 12.7 Å². The van der Waals surface area contributed by atoms with E-state index in [1.165, 1.54) is 19.3 Å². The number of nitrogens with zero attached hydrogens (tertiary/aromatic N) is 4. The smallest absolute Gasteiger partial charge is 0.150 e. The quantitative estimate of drug-likeness (QED) is 0.383. The van der Waals surface area contributed by atoms with E-state index in [1.807, 2.05) is 18.5 Å². The Morgan fingerprint density at radius 1 is 1.21 bits per heavy atom. The predicted molar refractivity (Wildman–Crippen MR) is 139 cm³/mol. The largest absolute Gasteiger partial charge is 0.385 e. The van der Waals surface area contributed by atoms with Crippen LogP contribution in [-0.4, -0.2) is 42.9 Å². The summed E-state index contributed by atoms with van der Waals surface area (Å²) >= 11 is 0. The van der Waals surface area contributed by atoms with Crippen molar-refractivity contribution >= 4 is 34.1 Å². The number of aliphatic imine (C=N–C) groups is 1. The number of piperidine rings is 1. The second-order valence-corrected chi connectivity index (χ2v) is 8.91. The predicted octanol–water partition coefficient (Wildman–Crippen LogP) is 5.40. The molecular formula is C28H30FN5. The van der Waals surface area contributed by atoms with Gasteiger partial charge in [0.2, 0.25) is 0 Å². The van der Waals surface area contributed by atoms with Crippen molar-refractivity contribution in [1.82, 2.24) is 15.3 Å². The van der Waals surface area contributed by atoms with E-state index in [0.29, 0.717) is 5.52 Å². The maximum absolute atomic E-state index is 15.3. The summed E-state index contributed by atoms with van der Waals surface area (Å²) in [5, 5.41) is 4.21. The molecule has 1 N–H and O–H groups in total. The van der Waals surface area contributed by atoms with Crippen molar-refractivity contribution in [3.05, 3.63) is 77.5 Å². The molecule has 0 bridgehead atoms. The highest BCUT2D eigenvalue weighted by Crippen LogP contribution is 2.37. The molecule has 0 unspecified atom stereocenters. The van der Waals surface area contributed by atoms with Gasteiger partial charge >= 0.3 is 0 Å². The van der Waals surface area contributed by atoms with Crippen LogP contribution in [-0.2, 0) is 6.42 Å². The van der Waals surface area contributed by atoms with Crippen LogP contribution in [0.2, 0.25) is 0 Å². The summed E-state index contributed by atoms with van der Waals surface area (Å²) in [6.07, 6.45) is 12.8. The third kappa shape index (κ3) is 4.32. The zero-order valence-electron chi connectivity index (χ0n) is 19.6. The zero-order valence-corrected chi connectivity index (χ0v) is 19.6. The van der Waals surface area contributed by atoms with Gasteiger partial charge in [-0.3, -0.25) is 9.97 Å². The van der Waals surface area contributed by atoms with E-state index in [2.05, 4.69) is 50.0 Å². The van der Waals surface area contributed by atoms with Crippen LogP contribution in [0.3, 0.4) is 0 Å². The molecule has 6 heteroatoms. The Labute approximate surface area is 200 Å². The van der Waals surface area contributed by atoms with Gasteiger partial charge in [0.25, 0.3) is 0 Å². The molecular weight excluding hydrogens is 425 g/mol. The molecule has 3 heterocycles. The molecule has 1 aliphatic carbocycles. The first kappa shape index (κ1) is 22.3. The van der Waals surface area contributed by atoms with Crippen LogP contribution >= 0.6 is 0 Å². The van der Waals surface area contributed by atoms with Gasteiger partial charge in [0.15, 0.2) is 0 Å². The first-order valence-corrected chi connectivity index (χ1v) is 12.0. The number of anilines is 1. The van der Waals surface area contributed by atoms with E-state index in [-0.39, 0.29) is 5.82 Å². The maximum atomic E-state index is 15.3. The molecule has 1 fully saturated rings. The van der Waals surface area contributed by atoms with E-state index in [1.54, 1.807) is 19.3 Å². The minimum absolute atomic E-state index is 0.284. The second kappa shape index (κ2) is 9.75. The molecule has 0 amide bonds. The highest BCUT2D eigenvalue weighted by molar-refractivity contribution is 5.96. The van der Waals surface area contributed by atoms with Crippen molar-refractivity contribution in [2.45, 2.75) is 32.1 Å². The SMILES string of the molecule is C=C(NCCC=NC)c1cnc2c(c1)C(c1cc(F)c3nccc(N4CCCCC4)c3c1)=CC2. The van der Waals surface area contributed by atoms with Gasteiger partial charge < -0.3 is 15.2 Å². The molecule has 0 atom stereocenters. The number of halogens is 1. The lowest BCUT2D eigenvalue weighted by molar-refractivity contribution is 0.578. The molecule has 3 aromatic rings. The lowest BCUT2D eigenvalue weighted by Gasteiger charge is -2.29. The fourth-order valence-corrected chi connectivity index (χ4v) is 4.92. The molecule has 1 aromatic carbocycles. The van der Waals surface area contributed by atoms with Gasteiger partial charge in [-0.05, 0) is 61.1 Å². The van der Waals surface area contributed by atoms with Crippen LogP contribution in [0, 0.1) is 5.82 Å². The van der Waals surface area contributed by atoms with Gasteiger partial charge in [-0.2, -0.15) is 0 Å². The van der Waals surface area contributed by atoms with E-state index >= 15 is 4.39 Å². The fraction of sp³-hybridized carbons (Fsp3) is 0.321. The van der Waals surface area contributed by atoms with Gasteiger partial charge in [-0.15, -0.1) is 0 Å². The van der Waals surface area contributed by atoms with Crippen molar-refractivity contribution in [2.24, 2.45) is 4.99 Å².